The highest BCUT2D eigenvalue weighted by Gasteiger charge is 2.34. The van der Waals surface area contributed by atoms with Crippen molar-refractivity contribution in [1.29, 1.82) is 0 Å². The van der Waals surface area contributed by atoms with E-state index in [-0.39, 0.29) is 5.75 Å². The molecule has 0 aromatic heterocycles. The Labute approximate surface area is 151 Å². The zero-order chi connectivity index (χ0) is 18.3. The van der Waals surface area contributed by atoms with Crippen LogP contribution in [0.1, 0.15) is 43.7 Å². The summed E-state index contributed by atoms with van der Waals surface area (Å²) >= 11 is 0. The maximum absolute atomic E-state index is 11.6. The van der Waals surface area contributed by atoms with Crippen LogP contribution >= 0.6 is 0 Å². The molecule has 140 valence electrons. The molecule has 0 aliphatic heterocycles. The van der Waals surface area contributed by atoms with Crippen molar-refractivity contribution in [2.45, 2.75) is 44.9 Å². The van der Waals surface area contributed by atoms with Crippen LogP contribution in [0, 0.1) is 5.41 Å². The van der Waals surface area contributed by atoms with Gasteiger partial charge in [-0.2, -0.15) is 0 Å². The fraction of sp³-hybridized carbons (Fsp3) is 0.611. The Morgan fingerprint density at radius 1 is 1.16 bits per heavy atom. The minimum Gasteiger partial charge on any atom is -0.356 e. The fourth-order valence-corrected chi connectivity index (χ4v) is 3.83. The maximum Gasteiger partial charge on any atom is 0.215 e. The first-order valence-corrected chi connectivity index (χ1v) is 10.5. The molecule has 0 saturated heterocycles. The summed E-state index contributed by atoms with van der Waals surface area (Å²) in [5, 5.41) is 6.75. The molecule has 1 saturated carbocycles. The van der Waals surface area contributed by atoms with E-state index in [4.69, 9.17) is 0 Å². The van der Waals surface area contributed by atoms with Gasteiger partial charge in [0.25, 0.3) is 0 Å². The van der Waals surface area contributed by atoms with Crippen LogP contribution < -0.4 is 15.4 Å². The molecule has 0 unspecified atom stereocenters. The van der Waals surface area contributed by atoms with E-state index in [1.54, 1.807) is 7.05 Å². The van der Waals surface area contributed by atoms with Gasteiger partial charge in [-0.05, 0) is 42.9 Å². The minimum absolute atomic E-state index is 0.000463. The molecule has 6 nitrogen and oxygen atoms in total. The van der Waals surface area contributed by atoms with Crippen LogP contribution in [0.25, 0.3) is 0 Å². The van der Waals surface area contributed by atoms with Crippen LogP contribution in [0.5, 0.6) is 0 Å². The first-order chi connectivity index (χ1) is 11.9. The number of nitrogens with zero attached hydrogens (tertiary/aromatic N) is 1. The lowest BCUT2D eigenvalue weighted by Crippen LogP contribution is -2.46. The Bertz CT molecular complexity index is 674. The number of hydrogen-bond donors (Lipinski definition) is 3. The summed E-state index contributed by atoms with van der Waals surface area (Å²) in [6, 6.07) is 7.59. The highest BCUT2D eigenvalue weighted by Crippen LogP contribution is 2.42. The SMILES string of the molecule is CCC1(CNC(=NC)NCc2ccc(CS(=O)(=O)NC)cc2)CCC1. The van der Waals surface area contributed by atoms with Crippen LogP contribution in [-0.2, 0) is 22.3 Å². The van der Waals surface area contributed by atoms with Crippen LogP contribution in [0.15, 0.2) is 29.3 Å². The summed E-state index contributed by atoms with van der Waals surface area (Å²) < 4.78 is 25.5. The molecule has 0 atom stereocenters. The molecule has 1 aromatic rings. The summed E-state index contributed by atoms with van der Waals surface area (Å²) in [5.41, 5.74) is 2.30. The highest BCUT2D eigenvalue weighted by molar-refractivity contribution is 7.88. The molecule has 0 radical (unpaired) electrons. The summed E-state index contributed by atoms with van der Waals surface area (Å²) in [4.78, 5) is 4.28. The van der Waals surface area contributed by atoms with Gasteiger partial charge in [-0.15, -0.1) is 0 Å². The second-order valence-electron chi connectivity index (χ2n) is 6.77. The summed E-state index contributed by atoms with van der Waals surface area (Å²) in [6.45, 7) is 3.87. The number of sulfonamides is 1. The molecule has 2 rings (SSSR count). The van der Waals surface area contributed by atoms with Crippen LogP contribution in [0.3, 0.4) is 0 Å². The van der Waals surface area contributed by atoms with Gasteiger partial charge in [0.1, 0.15) is 0 Å². The van der Waals surface area contributed by atoms with Gasteiger partial charge >= 0.3 is 0 Å². The van der Waals surface area contributed by atoms with Crippen molar-refractivity contribution in [3.05, 3.63) is 35.4 Å². The van der Waals surface area contributed by atoms with E-state index in [1.165, 1.54) is 32.7 Å². The van der Waals surface area contributed by atoms with Crippen molar-refractivity contribution in [2.24, 2.45) is 10.4 Å². The summed E-state index contributed by atoms with van der Waals surface area (Å²) in [5.74, 6) is 0.807. The Hall–Kier alpha value is -1.60. The Morgan fingerprint density at radius 3 is 2.28 bits per heavy atom. The second-order valence-corrected chi connectivity index (χ2v) is 8.69. The normalized spacial score (nSPS) is 17.0. The molecule has 1 fully saturated rings. The van der Waals surface area contributed by atoms with Crippen molar-refractivity contribution >= 4 is 16.0 Å². The van der Waals surface area contributed by atoms with Gasteiger partial charge in [0.15, 0.2) is 5.96 Å². The maximum atomic E-state index is 11.6. The predicted molar refractivity (Wildman–Crippen MR) is 103 cm³/mol. The monoisotopic (exact) mass is 366 g/mol. The Balaban J connectivity index is 1.83. The number of guanidine groups is 1. The number of rotatable bonds is 8. The van der Waals surface area contributed by atoms with Crippen LogP contribution in [0.4, 0.5) is 0 Å². The summed E-state index contributed by atoms with van der Waals surface area (Å²) in [6.07, 6.45) is 5.13. The predicted octanol–water partition coefficient (Wildman–Crippen LogP) is 1.98. The first-order valence-electron chi connectivity index (χ1n) is 8.85. The van der Waals surface area contributed by atoms with Gasteiger partial charge in [-0.1, -0.05) is 37.6 Å². The number of hydrogen-bond acceptors (Lipinski definition) is 3. The van der Waals surface area contributed by atoms with Crippen molar-refractivity contribution < 1.29 is 8.42 Å². The lowest BCUT2D eigenvalue weighted by molar-refractivity contribution is 0.131. The van der Waals surface area contributed by atoms with Gasteiger partial charge in [0, 0.05) is 20.1 Å². The largest absolute Gasteiger partial charge is 0.356 e. The molecule has 0 spiro atoms. The molecule has 0 amide bonds. The molecular weight excluding hydrogens is 336 g/mol. The molecule has 3 N–H and O–H groups in total. The Morgan fingerprint density at radius 2 is 1.80 bits per heavy atom. The number of benzene rings is 1. The van der Waals surface area contributed by atoms with E-state index in [0.717, 1.165) is 23.6 Å². The highest BCUT2D eigenvalue weighted by atomic mass is 32.2. The standard InChI is InChI=1S/C18H30N4O2S/c1-4-18(10-5-11-18)14-22-17(19-2)21-12-15-6-8-16(9-7-15)13-25(23,24)20-3/h6-9,20H,4-5,10-14H2,1-3H3,(H2,19,21,22). The third-order valence-corrected chi connectivity index (χ3v) is 6.50. The van der Waals surface area contributed by atoms with Gasteiger partial charge in [-0.3, -0.25) is 4.99 Å². The average molecular weight is 367 g/mol. The molecule has 7 heteroatoms. The minimum atomic E-state index is -3.23. The van der Waals surface area contributed by atoms with Crippen LogP contribution in [0.2, 0.25) is 0 Å². The lowest BCUT2D eigenvalue weighted by atomic mass is 9.67. The first kappa shape index (κ1) is 19.7. The van der Waals surface area contributed by atoms with Gasteiger partial charge in [0.2, 0.25) is 10.0 Å². The van der Waals surface area contributed by atoms with E-state index in [0.29, 0.717) is 12.0 Å². The van der Waals surface area contributed by atoms with E-state index in [1.807, 2.05) is 24.3 Å². The third-order valence-electron chi connectivity index (χ3n) is 5.17. The Kier molecular flexibility index (Phi) is 6.84. The molecule has 0 bridgehead atoms. The van der Waals surface area contributed by atoms with Crippen molar-refractivity contribution in [3.8, 4) is 0 Å². The van der Waals surface area contributed by atoms with E-state index >= 15 is 0 Å². The van der Waals surface area contributed by atoms with E-state index in [2.05, 4.69) is 27.3 Å². The fourth-order valence-electron chi connectivity index (χ4n) is 3.05. The van der Waals surface area contributed by atoms with Crippen molar-refractivity contribution in [1.82, 2.24) is 15.4 Å². The van der Waals surface area contributed by atoms with Gasteiger partial charge < -0.3 is 10.6 Å². The van der Waals surface area contributed by atoms with Gasteiger partial charge in [0.05, 0.1) is 5.75 Å². The summed E-state index contributed by atoms with van der Waals surface area (Å²) in [7, 11) is -0.0235. The van der Waals surface area contributed by atoms with Gasteiger partial charge in [-0.25, -0.2) is 13.1 Å². The topological polar surface area (TPSA) is 82.6 Å². The average Bonchev–Trinajstić information content (AvgIpc) is 2.58. The molecular formula is C18H30N4O2S. The van der Waals surface area contributed by atoms with Crippen molar-refractivity contribution in [2.75, 3.05) is 20.6 Å². The third kappa shape index (κ3) is 5.71. The molecule has 1 aromatic carbocycles. The van der Waals surface area contributed by atoms with Crippen molar-refractivity contribution in [3.63, 3.8) is 0 Å². The molecule has 0 heterocycles. The molecule has 1 aliphatic rings. The lowest BCUT2D eigenvalue weighted by Gasteiger charge is -2.41. The van der Waals surface area contributed by atoms with Crippen LogP contribution in [-0.4, -0.2) is 35.0 Å². The zero-order valence-electron chi connectivity index (χ0n) is 15.4. The zero-order valence-corrected chi connectivity index (χ0v) is 16.2. The molecule has 1 aliphatic carbocycles. The van der Waals surface area contributed by atoms with E-state index < -0.39 is 10.0 Å². The number of nitrogens with one attached hydrogen (secondary N) is 3. The second kappa shape index (κ2) is 8.67. The number of aliphatic imine (C=N–C) groups is 1. The smallest absolute Gasteiger partial charge is 0.215 e. The van der Waals surface area contributed by atoms with E-state index in [9.17, 15) is 8.42 Å². The molecule has 25 heavy (non-hydrogen) atoms. The quantitative estimate of drug-likeness (QED) is 0.485.